The molecule has 5 heteroatoms. The molecule has 1 heterocycles. The lowest BCUT2D eigenvalue weighted by molar-refractivity contribution is 0.0532. The maximum absolute atomic E-state index is 11.3. The number of carbonyl (C=O) groups excluding carboxylic acids is 1. The van der Waals surface area contributed by atoms with Gasteiger partial charge in [-0.2, -0.15) is 0 Å². The molecule has 1 aromatic heterocycles. The molecule has 15 heavy (non-hydrogen) atoms. The Hall–Kier alpha value is -1.38. The number of hydrogen-bond acceptors (Lipinski definition) is 5. The lowest BCUT2D eigenvalue weighted by Crippen LogP contribution is -2.01. The van der Waals surface area contributed by atoms with Gasteiger partial charge in [0.15, 0.2) is 5.01 Å². The van der Waals surface area contributed by atoms with Crippen molar-refractivity contribution in [1.82, 2.24) is 4.98 Å². The van der Waals surface area contributed by atoms with Gasteiger partial charge in [-0.3, -0.25) is 0 Å². The lowest BCUT2D eigenvalue weighted by atomic mass is 10.4. The first-order valence-corrected chi connectivity index (χ1v) is 5.41. The third-order valence-corrected chi connectivity index (χ3v) is 2.34. The van der Waals surface area contributed by atoms with Crippen molar-refractivity contribution < 1.29 is 9.53 Å². The van der Waals surface area contributed by atoms with E-state index >= 15 is 0 Å². The van der Waals surface area contributed by atoms with E-state index in [0.29, 0.717) is 29.5 Å². The summed E-state index contributed by atoms with van der Waals surface area (Å²) in [7, 11) is 0. The molecule has 80 valence electrons. The summed E-state index contributed by atoms with van der Waals surface area (Å²) >= 11 is 1.23. The minimum absolute atomic E-state index is 0.345. The molecule has 0 aliphatic heterocycles. The SMILES string of the molecule is CCOC(=O)c1cnc(C#CCCN)s1. The van der Waals surface area contributed by atoms with E-state index < -0.39 is 0 Å². The maximum Gasteiger partial charge on any atom is 0.349 e. The van der Waals surface area contributed by atoms with E-state index in [1.807, 2.05) is 0 Å². The summed E-state index contributed by atoms with van der Waals surface area (Å²) in [6.45, 7) is 2.66. The average Bonchev–Trinajstić information content (AvgIpc) is 2.67. The molecule has 0 amide bonds. The van der Waals surface area contributed by atoms with Crippen molar-refractivity contribution in [1.29, 1.82) is 0 Å². The molecule has 0 fully saturated rings. The number of esters is 1. The summed E-state index contributed by atoms with van der Waals surface area (Å²) < 4.78 is 4.83. The molecule has 0 unspecified atom stereocenters. The van der Waals surface area contributed by atoms with Crippen LogP contribution in [-0.4, -0.2) is 24.1 Å². The van der Waals surface area contributed by atoms with Crippen molar-refractivity contribution >= 4 is 17.3 Å². The van der Waals surface area contributed by atoms with Crippen molar-refractivity contribution in [2.24, 2.45) is 5.73 Å². The van der Waals surface area contributed by atoms with E-state index in [9.17, 15) is 4.79 Å². The van der Waals surface area contributed by atoms with Gasteiger partial charge in [0.05, 0.1) is 12.8 Å². The lowest BCUT2D eigenvalue weighted by Gasteiger charge is -1.95. The molecule has 0 radical (unpaired) electrons. The third-order valence-electron chi connectivity index (χ3n) is 1.45. The van der Waals surface area contributed by atoms with E-state index in [0.717, 1.165) is 0 Å². The van der Waals surface area contributed by atoms with Gasteiger partial charge in [-0.25, -0.2) is 9.78 Å². The van der Waals surface area contributed by atoms with Gasteiger partial charge in [-0.15, -0.1) is 0 Å². The highest BCUT2D eigenvalue weighted by Crippen LogP contribution is 2.12. The van der Waals surface area contributed by atoms with E-state index in [4.69, 9.17) is 10.5 Å². The normalized spacial score (nSPS) is 9.20. The average molecular weight is 224 g/mol. The van der Waals surface area contributed by atoms with Crippen LogP contribution in [0.3, 0.4) is 0 Å². The van der Waals surface area contributed by atoms with Crippen molar-refractivity contribution in [3.05, 3.63) is 16.1 Å². The Morgan fingerprint density at radius 3 is 3.20 bits per heavy atom. The number of aromatic nitrogens is 1. The van der Waals surface area contributed by atoms with Gasteiger partial charge in [-0.1, -0.05) is 17.3 Å². The minimum Gasteiger partial charge on any atom is -0.462 e. The van der Waals surface area contributed by atoms with Gasteiger partial charge in [0, 0.05) is 13.0 Å². The second kappa shape index (κ2) is 6.17. The smallest absolute Gasteiger partial charge is 0.349 e. The Morgan fingerprint density at radius 1 is 1.73 bits per heavy atom. The highest BCUT2D eigenvalue weighted by atomic mass is 32.1. The first-order valence-electron chi connectivity index (χ1n) is 4.59. The predicted octanol–water partition coefficient (Wildman–Crippen LogP) is 1.02. The summed E-state index contributed by atoms with van der Waals surface area (Å²) in [4.78, 5) is 15.7. The van der Waals surface area contributed by atoms with E-state index in [1.165, 1.54) is 17.5 Å². The minimum atomic E-state index is -0.345. The number of nitrogens with two attached hydrogens (primary N) is 1. The summed E-state index contributed by atoms with van der Waals surface area (Å²) in [5, 5.41) is 0.617. The van der Waals surface area contributed by atoms with E-state index in [-0.39, 0.29) is 5.97 Å². The number of thiazole rings is 1. The molecule has 4 nitrogen and oxygen atoms in total. The fourth-order valence-corrected chi connectivity index (χ4v) is 1.52. The predicted molar refractivity (Wildman–Crippen MR) is 58.6 cm³/mol. The van der Waals surface area contributed by atoms with Crippen LogP contribution in [0.1, 0.15) is 28.0 Å². The van der Waals surface area contributed by atoms with Crippen LogP contribution in [0.15, 0.2) is 6.20 Å². The van der Waals surface area contributed by atoms with Gasteiger partial charge in [-0.05, 0) is 12.8 Å². The van der Waals surface area contributed by atoms with Crippen molar-refractivity contribution in [2.45, 2.75) is 13.3 Å². The molecule has 0 atom stereocenters. The molecule has 0 aliphatic rings. The topological polar surface area (TPSA) is 65.2 Å². The zero-order chi connectivity index (χ0) is 11.1. The first-order chi connectivity index (χ1) is 7.27. The Bertz CT molecular complexity index is 390. The molecule has 0 aromatic carbocycles. The molecule has 0 saturated heterocycles. The van der Waals surface area contributed by atoms with Gasteiger partial charge < -0.3 is 10.5 Å². The van der Waals surface area contributed by atoms with Crippen LogP contribution in [0.4, 0.5) is 0 Å². The van der Waals surface area contributed by atoms with Gasteiger partial charge >= 0.3 is 5.97 Å². The fraction of sp³-hybridized carbons (Fsp3) is 0.400. The zero-order valence-electron chi connectivity index (χ0n) is 8.45. The van der Waals surface area contributed by atoms with Gasteiger partial charge in [0.1, 0.15) is 4.88 Å². The van der Waals surface area contributed by atoms with Crippen LogP contribution in [0, 0.1) is 11.8 Å². The summed E-state index contributed by atoms with van der Waals surface area (Å²) in [6, 6.07) is 0. The van der Waals surface area contributed by atoms with Crippen LogP contribution in [0.5, 0.6) is 0 Å². The molecule has 2 N–H and O–H groups in total. The Kier molecular flexibility index (Phi) is 4.81. The van der Waals surface area contributed by atoms with Crippen LogP contribution < -0.4 is 5.73 Å². The molecule has 0 saturated carbocycles. The van der Waals surface area contributed by atoms with E-state index in [2.05, 4.69) is 16.8 Å². The van der Waals surface area contributed by atoms with Crippen LogP contribution >= 0.6 is 11.3 Å². The number of hydrogen-bond donors (Lipinski definition) is 1. The Balaban J connectivity index is 2.65. The number of carbonyl (C=O) groups is 1. The second-order valence-electron chi connectivity index (χ2n) is 2.59. The molecule has 0 spiro atoms. The summed E-state index contributed by atoms with van der Waals surface area (Å²) in [5.41, 5.74) is 5.29. The van der Waals surface area contributed by atoms with Crippen molar-refractivity contribution in [3.63, 3.8) is 0 Å². The summed E-state index contributed by atoms with van der Waals surface area (Å²) in [6.07, 6.45) is 2.11. The molecule has 0 bridgehead atoms. The van der Waals surface area contributed by atoms with Crippen LogP contribution in [-0.2, 0) is 4.74 Å². The zero-order valence-corrected chi connectivity index (χ0v) is 9.26. The molecule has 1 rings (SSSR count). The van der Waals surface area contributed by atoms with Gasteiger partial charge in [0.25, 0.3) is 0 Å². The number of nitrogens with zero attached hydrogens (tertiary/aromatic N) is 1. The number of rotatable bonds is 3. The summed E-state index contributed by atoms with van der Waals surface area (Å²) in [5.74, 6) is 5.34. The highest BCUT2D eigenvalue weighted by molar-refractivity contribution is 7.14. The van der Waals surface area contributed by atoms with Crippen LogP contribution in [0.25, 0.3) is 0 Å². The van der Waals surface area contributed by atoms with Gasteiger partial charge in [0.2, 0.25) is 0 Å². The van der Waals surface area contributed by atoms with Crippen molar-refractivity contribution in [3.8, 4) is 11.8 Å². The third kappa shape index (κ3) is 3.70. The Morgan fingerprint density at radius 2 is 2.53 bits per heavy atom. The monoisotopic (exact) mass is 224 g/mol. The van der Waals surface area contributed by atoms with E-state index in [1.54, 1.807) is 6.92 Å². The highest BCUT2D eigenvalue weighted by Gasteiger charge is 2.09. The quantitative estimate of drug-likeness (QED) is 0.615. The number of ether oxygens (including phenoxy) is 1. The maximum atomic E-state index is 11.3. The molecule has 0 aliphatic carbocycles. The Labute approximate surface area is 92.5 Å². The van der Waals surface area contributed by atoms with Crippen molar-refractivity contribution in [2.75, 3.05) is 13.2 Å². The largest absolute Gasteiger partial charge is 0.462 e. The molecule has 1 aromatic rings. The second-order valence-corrected chi connectivity index (χ2v) is 3.62. The molecular formula is C10H12N2O2S. The first kappa shape index (κ1) is 11.7. The fourth-order valence-electron chi connectivity index (χ4n) is 0.839. The molecular weight excluding hydrogens is 212 g/mol. The van der Waals surface area contributed by atoms with Crippen LogP contribution in [0.2, 0.25) is 0 Å². The standard InChI is InChI=1S/C10H12N2O2S/c1-2-14-10(13)8-7-12-9(15-8)5-3-4-6-11/h7H,2,4,6,11H2,1H3.